The summed E-state index contributed by atoms with van der Waals surface area (Å²) in [6.45, 7) is 1.82. The van der Waals surface area contributed by atoms with Gasteiger partial charge in [0.15, 0.2) is 0 Å². The first-order valence-electron chi connectivity index (χ1n) is 8.51. The summed E-state index contributed by atoms with van der Waals surface area (Å²) in [4.78, 5) is 14.2. The zero-order valence-corrected chi connectivity index (χ0v) is 15.2. The van der Waals surface area contributed by atoms with E-state index in [2.05, 4.69) is 5.32 Å². The van der Waals surface area contributed by atoms with Crippen molar-refractivity contribution >= 4 is 5.91 Å². The number of carbonyl (C=O) groups excluding carboxylic acids is 1. The highest BCUT2D eigenvalue weighted by Gasteiger charge is 2.26. The average molecular weight is 361 g/mol. The second-order valence-corrected chi connectivity index (χ2v) is 6.59. The van der Waals surface area contributed by atoms with Crippen LogP contribution in [-0.2, 0) is 4.79 Å². The van der Waals surface area contributed by atoms with E-state index >= 15 is 0 Å². The first kappa shape index (κ1) is 20.0. The third-order valence-corrected chi connectivity index (χ3v) is 4.56. The van der Waals surface area contributed by atoms with Crippen molar-refractivity contribution in [2.75, 3.05) is 20.6 Å². The quantitative estimate of drug-likeness (QED) is 0.797. The lowest BCUT2D eigenvalue weighted by Crippen LogP contribution is -2.40. The van der Waals surface area contributed by atoms with Crippen molar-refractivity contribution in [1.29, 1.82) is 0 Å². The van der Waals surface area contributed by atoms with Crippen molar-refractivity contribution in [3.05, 3.63) is 71.3 Å². The van der Waals surface area contributed by atoms with Gasteiger partial charge in [0.05, 0.1) is 12.0 Å². The predicted molar refractivity (Wildman–Crippen MR) is 98.3 cm³/mol. The molecular weight excluding hydrogens is 336 g/mol. The third kappa shape index (κ3) is 4.65. The Labute approximate surface area is 153 Å². The zero-order chi connectivity index (χ0) is 19.3. The van der Waals surface area contributed by atoms with E-state index in [0.717, 1.165) is 5.56 Å². The molecule has 0 aliphatic carbocycles. The van der Waals surface area contributed by atoms with E-state index < -0.39 is 29.6 Å². The molecule has 0 radical (unpaired) electrons. The van der Waals surface area contributed by atoms with Gasteiger partial charge in [-0.15, -0.1) is 0 Å². The molecule has 0 saturated heterocycles. The molecule has 1 amide bonds. The Hall–Kier alpha value is -2.31. The first-order valence-corrected chi connectivity index (χ1v) is 8.51. The Morgan fingerprint density at radius 1 is 1.08 bits per heavy atom. The van der Waals surface area contributed by atoms with E-state index in [1.54, 1.807) is 25.9 Å². The van der Waals surface area contributed by atoms with E-state index in [0.29, 0.717) is 0 Å². The number of nitrogens with two attached hydrogens (primary N) is 1. The van der Waals surface area contributed by atoms with Crippen LogP contribution in [0.4, 0.5) is 8.78 Å². The number of carbonyl (C=O) groups is 1. The minimum Gasteiger partial charge on any atom is -0.354 e. The highest BCUT2D eigenvalue weighted by Crippen LogP contribution is 2.24. The van der Waals surface area contributed by atoms with Gasteiger partial charge < -0.3 is 16.0 Å². The lowest BCUT2D eigenvalue weighted by atomic mass is 9.94. The molecule has 0 spiro atoms. The molecule has 0 saturated carbocycles. The largest absolute Gasteiger partial charge is 0.354 e. The molecule has 0 fully saturated rings. The number of hydrogen-bond donors (Lipinski definition) is 2. The highest BCUT2D eigenvalue weighted by molar-refractivity contribution is 5.79. The number of halogens is 2. The van der Waals surface area contributed by atoms with Crippen LogP contribution in [0.3, 0.4) is 0 Å². The predicted octanol–water partition coefficient (Wildman–Crippen LogP) is 3.02. The van der Waals surface area contributed by atoms with Gasteiger partial charge in [0.2, 0.25) is 5.91 Å². The summed E-state index contributed by atoms with van der Waals surface area (Å²) in [7, 11) is 3.42. The summed E-state index contributed by atoms with van der Waals surface area (Å²) in [5.41, 5.74) is 6.98. The lowest BCUT2D eigenvalue weighted by molar-refractivity contribution is -0.125. The van der Waals surface area contributed by atoms with Crippen molar-refractivity contribution in [2.45, 2.75) is 19.0 Å². The Bertz CT molecular complexity index is 717. The fourth-order valence-corrected chi connectivity index (χ4v) is 2.86. The van der Waals surface area contributed by atoms with E-state index in [-0.39, 0.29) is 18.0 Å². The zero-order valence-electron chi connectivity index (χ0n) is 15.2. The van der Waals surface area contributed by atoms with Crippen LogP contribution in [0.15, 0.2) is 48.5 Å². The van der Waals surface area contributed by atoms with E-state index in [9.17, 15) is 13.6 Å². The van der Waals surface area contributed by atoms with Crippen LogP contribution < -0.4 is 11.1 Å². The summed E-state index contributed by atoms with van der Waals surface area (Å²) in [6, 6.07) is 12.0. The van der Waals surface area contributed by atoms with Crippen molar-refractivity contribution in [1.82, 2.24) is 10.2 Å². The number of likely N-dealkylation sites (N-methyl/N-ethyl adjacent to an activating group) is 1. The second kappa shape index (κ2) is 8.87. The summed E-state index contributed by atoms with van der Waals surface area (Å²) in [6.07, 6.45) is 0. The van der Waals surface area contributed by atoms with Crippen LogP contribution in [0.1, 0.15) is 30.1 Å². The van der Waals surface area contributed by atoms with Crippen LogP contribution >= 0.6 is 0 Å². The van der Waals surface area contributed by atoms with Crippen molar-refractivity contribution in [2.24, 2.45) is 11.7 Å². The number of benzene rings is 2. The fraction of sp³-hybridized carbons (Fsp3) is 0.350. The maximum absolute atomic E-state index is 14.1. The molecule has 0 aliphatic rings. The number of nitrogens with zero attached hydrogens (tertiary/aromatic N) is 1. The van der Waals surface area contributed by atoms with Gasteiger partial charge in [0.25, 0.3) is 0 Å². The molecule has 0 bridgehead atoms. The number of nitrogens with one attached hydrogen (secondary N) is 1. The summed E-state index contributed by atoms with van der Waals surface area (Å²) >= 11 is 0. The maximum Gasteiger partial charge on any atom is 0.224 e. The molecule has 140 valence electrons. The Balaban J connectivity index is 2.08. The Kier molecular flexibility index (Phi) is 6.83. The topological polar surface area (TPSA) is 58.4 Å². The van der Waals surface area contributed by atoms with Crippen molar-refractivity contribution in [3.8, 4) is 0 Å². The monoisotopic (exact) mass is 361 g/mol. The fourth-order valence-electron chi connectivity index (χ4n) is 2.86. The van der Waals surface area contributed by atoms with Crippen molar-refractivity contribution in [3.63, 3.8) is 0 Å². The Morgan fingerprint density at radius 2 is 1.65 bits per heavy atom. The van der Waals surface area contributed by atoms with Crippen LogP contribution in [0.25, 0.3) is 0 Å². The molecule has 0 aromatic heterocycles. The minimum atomic E-state index is -0.632. The maximum atomic E-state index is 14.1. The normalized spacial score (nSPS) is 14.7. The van der Waals surface area contributed by atoms with Crippen LogP contribution in [0.5, 0.6) is 0 Å². The number of amides is 1. The molecule has 6 heteroatoms. The van der Waals surface area contributed by atoms with Gasteiger partial charge >= 0.3 is 0 Å². The summed E-state index contributed by atoms with van der Waals surface area (Å²) < 4.78 is 28.2. The molecule has 2 rings (SSSR count). The second-order valence-electron chi connectivity index (χ2n) is 6.59. The number of hydrogen-bond acceptors (Lipinski definition) is 3. The van der Waals surface area contributed by atoms with Gasteiger partial charge in [-0.25, -0.2) is 8.78 Å². The number of rotatable bonds is 7. The standard InChI is InChI=1S/C20H25F2N3O/c1-13(19(23)14-8-5-4-6-9-14)20(26)24-12-17(25(2)3)18-15(21)10-7-11-16(18)22/h4-11,13,17,19H,12,23H2,1-3H3,(H,24,26). The summed E-state index contributed by atoms with van der Waals surface area (Å²) in [5, 5.41) is 2.77. The van der Waals surface area contributed by atoms with Gasteiger partial charge in [-0.05, 0) is 31.8 Å². The van der Waals surface area contributed by atoms with Crippen molar-refractivity contribution < 1.29 is 13.6 Å². The smallest absolute Gasteiger partial charge is 0.224 e. The molecule has 0 heterocycles. The Morgan fingerprint density at radius 3 is 2.19 bits per heavy atom. The van der Waals surface area contributed by atoms with Crippen LogP contribution in [0.2, 0.25) is 0 Å². The molecule has 2 aromatic carbocycles. The molecule has 2 aromatic rings. The SMILES string of the molecule is CC(C(=O)NCC(c1c(F)cccc1F)N(C)C)C(N)c1ccccc1. The molecule has 26 heavy (non-hydrogen) atoms. The average Bonchev–Trinajstić information content (AvgIpc) is 2.63. The molecular formula is C20H25F2N3O. The van der Waals surface area contributed by atoms with Gasteiger partial charge in [-0.2, -0.15) is 0 Å². The first-order chi connectivity index (χ1) is 12.3. The van der Waals surface area contributed by atoms with Gasteiger partial charge in [0.1, 0.15) is 11.6 Å². The van der Waals surface area contributed by atoms with E-state index in [1.807, 2.05) is 30.3 Å². The van der Waals surface area contributed by atoms with Gasteiger partial charge in [-0.1, -0.05) is 43.3 Å². The lowest BCUT2D eigenvalue weighted by Gasteiger charge is -2.27. The summed E-state index contributed by atoms with van der Waals surface area (Å²) in [5.74, 6) is -2.01. The highest BCUT2D eigenvalue weighted by atomic mass is 19.1. The van der Waals surface area contributed by atoms with E-state index in [1.165, 1.54) is 18.2 Å². The molecule has 0 aliphatic heterocycles. The molecule has 4 nitrogen and oxygen atoms in total. The molecule has 3 unspecified atom stereocenters. The van der Waals surface area contributed by atoms with Crippen LogP contribution in [-0.4, -0.2) is 31.4 Å². The minimum absolute atomic E-state index is 0.0576. The van der Waals surface area contributed by atoms with Crippen LogP contribution in [0, 0.1) is 17.6 Å². The molecule has 3 N–H and O–H groups in total. The third-order valence-electron chi connectivity index (χ3n) is 4.56. The van der Waals surface area contributed by atoms with E-state index in [4.69, 9.17) is 5.73 Å². The van der Waals surface area contributed by atoms with Gasteiger partial charge in [0, 0.05) is 18.2 Å². The molecule has 3 atom stereocenters. The van der Waals surface area contributed by atoms with Gasteiger partial charge in [-0.3, -0.25) is 4.79 Å².